The first kappa shape index (κ1) is 21.8. The number of benzene rings is 1. The Labute approximate surface area is 185 Å². The van der Waals surface area contributed by atoms with E-state index in [0.29, 0.717) is 26.2 Å². The van der Waals surface area contributed by atoms with E-state index in [-0.39, 0.29) is 35.5 Å². The maximum absolute atomic E-state index is 13.5. The van der Waals surface area contributed by atoms with E-state index in [1.807, 2.05) is 34.9 Å². The van der Waals surface area contributed by atoms with Gasteiger partial charge in [-0.3, -0.25) is 14.4 Å². The first-order valence-corrected chi connectivity index (χ1v) is 12.1. The first-order valence-electron chi connectivity index (χ1n) is 12.1. The van der Waals surface area contributed by atoms with Crippen LogP contribution in [-0.4, -0.2) is 48.8 Å². The monoisotopic (exact) mass is 425 g/mol. The van der Waals surface area contributed by atoms with E-state index in [9.17, 15) is 14.4 Å². The fourth-order valence-electron chi connectivity index (χ4n) is 5.51. The fourth-order valence-corrected chi connectivity index (χ4v) is 5.51. The number of hydrogen-bond acceptors (Lipinski definition) is 3. The summed E-state index contributed by atoms with van der Waals surface area (Å²) in [6.45, 7) is 4.60. The number of rotatable bonds is 5. The SMILES string of the molecule is CCCNC(=O)C1CCCN(C(=O)C2CCCCC2C(=O)N2CCc3ccccc32)C1. The van der Waals surface area contributed by atoms with Crippen LogP contribution in [0.1, 0.15) is 57.4 Å². The van der Waals surface area contributed by atoms with Gasteiger partial charge in [0.25, 0.3) is 0 Å². The van der Waals surface area contributed by atoms with Crippen molar-refractivity contribution in [2.24, 2.45) is 17.8 Å². The second kappa shape index (κ2) is 9.84. The number of hydrogen-bond donors (Lipinski definition) is 1. The van der Waals surface area contributed by atoms with Crippen LogP contribution in [0.3, 0.4) is 0 Å². The fraction of sp³-hybridized carbons (Fsp3) is 0.640. The van der Waals surface area contributed by atoms with Gasteiger partial charge >= 0.3 is 0 Å². The van der Waals surface area contributed by atoms with Crippen molar-refractivity contribution in [3.63, 3.8) is 0 Å². The van der Waals surface area contributed by atoms with Gasteiger partial charge in [-0.25, -0.2) is 0 Å². The van der Waals surface area contributed by atoms with Gasteiger partial charge in [-0.1, -0.05) is 38.0 Å². The molecule has 2 heterocycles. The van der Waals surface area contributed by atoms with Crippen molar-refractivity contribution in [2.75, 3.05) is 31.1 Å². The van der Waals surface area contributed by atoms with Crippen LogP contribution < -0.4 is 10.2 Å². The molecule has 3 amide bonds. The van der Waals surface area contributed by atoms with E-state index in [1.54, 1.807) is 0 Å². The lowest BCUT2D eigenvalue weighted by atomic mass is 9.77. The number of likely N-dealkylation sites (tertiary alicyclic amines) is 1. The Hall–Kier alpha value is -2.37. The minimum Gasteiger partial charge on any atom is -0.356 e. The molecule has 31 heavy (non-hydrogen) atoms. The number of piperidine rings is 1. The molecule has 0 aromatic heterocycles. The summed E-state index contributed by atoms with van der Waals surface area (Å²) in [5, 5.41) is 2.98. The zero-order valence-electron chi connectivity index (χ0n) is 18.6. The zero-order valence-corrected chi connectivity index (χ0v) is 18.6. The second-order valence-corrected chi connectivity index (χ2v) is 9.28. The third-order valence-corrected chi connectivity index (χ3v) is 7.21. The number of anilines is 1. The van der Waals surface area contributed by atoms with Crippen molar-refractivity contribution >= 4 is 23.4 Å². The predicted octanol–water partition coefficient (Wildman–Crippen LogP) is 3.15. The molecule has 2 aliphatic heterocycles. The lowest BCUT2D eigenvalue weighted by Gasteiger charge is -2.38. The molecule has 1 saturated heterocycles. The van der Waals surface area contributed by atoms with Crippen LogP contribution in [0.25, 0.3) is 0 Å². The van der Waals surface area contributed by atoms with Gasteiger partial charge in [0.1, 0.15) is 0 Å². The smallest absolute Gasteiger partial charge is 0.230 e. The molecule has 1 aromatic rings. The summed E-state index contributed by atoms with van der Waals surface area (Å²) in [5.74, 6) is -0.388. The van der Waals surface area contributed by atoms with Crippen LogP contribution in [0.15, 0.2) is 24.3 Å². The van der Waals surface area contributed by atoms with Crippen LogP contribution >= 0.6 is 0 Å². The minimum absolute atomic E-state index is 0.0595. The van der Waals surface area contributed by atoms with Crippen molar-refractivity contribution in [2.45, 2.75) is 58.3 Å². The summed E-state index contributed by atoms with van der Waals surface area (Å²) in [6.07, 6.45) is 7.01. The first-order chi connectivity index (χ1) is 15.1. The molecule has 3 atom stereocenters. The maximum atomic E-state index is 13.5. The van der Waals surface area contributed by atoms with Crippen molar-refractivity contribution in [3.05, 3.63) is 29.8 Å². The molecule has 0 spiro atoms. The molecule has 0 bridgehead atoms. The Morgan fingerprint density at radius 2 is 1.71 bits per heavy atom. The van der Waals surface area contributed by atoms with Gasteiger partial charge in [0.15, 0.2) is 0 Å². The van der Waals surface area contributed by atoms with Gasteiger partial charge in [-0.05, 0) is 50.2 Å². The summed E-state index contributed by atoms with van der Waals surface area (Å²) in [6, 6.07) is 8.10. The molecule has 3 unspecified atom stereocenters. The van der Waals surface area contributed by atoms with Crippen molar-refractivity contribution in [1.82, 2.24) is 10.2 Å². The number of amides is 3. The molecule has 1 aromatic carbocycles. The van der Waals surface area contributed by atoms with E-state index in [0.717, 1.165) is 57.1 Å². The summed E-state index contributed by atoms with van der Waals surface area (Å²) in [4.78, 5) is 43.3. The summed E-state index contributed by atoms with van der Waals surface area (Å²) in [7, 11) is 0. The van der Waals surface area contributed by atoms with Crippen molar-refractivity contribution in [3.8, 4) is 0 Å². The molecule has 6 nitrogen and oxygen atoms in total. The van der Waals surface area contributed by atoms with E-state index in [2.05, 4.69) is 11.4 Å². The standard InChI is InChI=1S/C25H35N3O3/c1-2-14-26-23(29)19-9-7-15-27(17-19)24(30)20-10-4-5-11-21(20)25(31)28-16-13-18-8-3-6-12-22(18)28/h3,6,8,12,19-21H,2,4-5,7,9-11,13-17H2,1H3,(H,26,29). The van der Waals surface area contributed by atoms with Crippen LogP contribution in [-0.2, 0) is 20.8 Å². The minimum atomic E-state index is -0.258. The third kappa shape index (κ3) is 4.63. The topological polar surface area (TPSA) is 69.7 Å². The molecule has 1 aliphatic carbocycles. The number of fused-ring (bicyclic) bond motifs is 1. The van der Waals surface area contributed by atoms with Gasteiger partial charge < -0.3 is 15.1 Å². The van der Waals surface area contributed by atoms with E-state index < -0.39 is 0 Å². The average molecular weight is 426 g/mol. The summed E-state index contributed by atoms with van der Waals surface area (Å²) in [5.41, 5.74) is 2.22. The Morgan fingerprint density at radius 3 is 2.48 bits per heavy atom. The van der Waals surface area contributed by atoms with E-state index >= 15 is 0 Å². The second-order valence-electron chi connectivity index (χ2n) is 9.28. The molecular formula is C25H35N3O3. The molecule has 3 aliphatic rings. The average Bonchev–Trinajstić information content (AvgIpc) is 3.26. The van der Waals surface area contributed by atoms with Crippen LogP contribution in [0, 0.1) is 17.8 Å². The Kier molecular flexibility index (Phi) is 6.93. The molecule has 168 valence electrons. The highest BCUT2D eigenvalue weighted by Gasteiger charge is 2.42. The Balaban J connectivity index is 1.45. The van der Waals surface area contributed by atoms with Gasteiger partial charge in [0.05, 0.1) is 11.8 Å². The molecule has 6 heteroatoms. The van der Waals surface area contributed by atoms with Crippen LogP contribution in [0.5, 0.6) is 0 Å². The molecule has 2 fully saturated rings. The number of para-hydroxylation sites is 1. The molecule has 1 saturated carbocycles. The molecule has 4 rings (SSSR count). The number of carbonyl (C=O) groups excluding carboxylic acids is 3. The molecule has 0 radical (unpaired) electrons. The van der Waals surface area contributed by atoms with Crippen molar-refractivity contribution < 1.29 is 14.4 Å². The van der Waals surface area contributed by atoms with Gasteiger partial charge in [0, 0.05) is 37.8 Å². The largest absolute Gasteiger partial charge is 0.356 e. The van der Waals surface area contributed by atoms with E-state index in [4.69, 9.17) is 0 Å². The summed E-state index contributed by atoms with van der Waals surface area (Å²) >= 11 is 0. The van der Waals surface area contributed by atoms with Gasteiger partial charge in [-0.15, -0.1) is 0 Å². The highest BCUT2D eigenvalue weighted by molar-refractivity contribution is 5.99. The highest BCUT2D eigenvalue weighted by atomic mass is 16.2. The molecular weight excluding hydrogens is 390 g/mol. The zero-order chi connectivity index (χ0) is 21.8. The number of nitrogens with zero attached hydrogens (tertiary/aromatic N) is 2. The Bertz CT molecular complexity index is 824. The quantitative estimate of drug-likeness (QED) is 0.788. The number of carbonyl (C=O) groups is 3. The van der Waals surface area contributed by atoms with Crippen LogP contribution in [0.4, 0.5) is 5.69 Å². The van der Waals surface area contributed by atoms with Crippen molar-refractivity contribution in [1.29, 1.82) is 0 Å². The third-order valence-electron chi connectivity index (χ3n) is 7.21. The number of nitrogens with one attached hydrogen (secondary N) is 1. The van der Waals surface area contributed by atoms with Gasteiger partial charge in [-0.2, -0.15) is 0 Å². The maximum Gasteiger partial charge on any atom is 0.230 e. The lowest BCUT2D eigenvalue weighted by Crippen LogP contribution is -2.51. The molecule has 1 N–H and O–H groups in total. The Morgan fingerprint density at radius 1 is 0.968 bits per heavy atom. The summed E-state index contributed by atoms with van der Waals surface area (Å²) < 4.78 is 0. The van der Waals surface area contributed by atoms with Crippen LogP contribution in [0.2, 0.25) is 0 Å². The predicted molar refractivity (Wildman–Crippen MR) is 121 cm³/mol. The normalized spacial score (nSPS) is 25.8. The highest BCUT2D eigenvalue weighted by Crippen LogP contribution is 2.37. The van der Waals surface area contributed by atoms with Gasteiger partial charge in [0.2, 0.25) is 17.7 Å². The van der Waals surface area contributed by atoms with E-state index in [1.165, 1.54) is 5.56 Å². The lowest BCUT2D eigenvalue weighted by molar-refractivity contribution is -0.145.